The van der Waals surface area contributed by atoms with Crippen LogP contribution in [0.1, 0.15) is 27.2 Å². The number of hydrogen-bond donors (Lipinski definition) is 2. The maximum atomic E-state index is 8.64. The van der Waals surface area contributed by atoms with Crippen molar-refractivity contribution >= 4 is 0 Å². The van der Waals surface area contributed by atoms with Gasteiger partial charge in [0.15, 0.2) is 0 Å². The molecule has 0 fully saturated rings. The van der Waals surface area contributed by atoms with Crippen LogP contribution < -0.4 is 5.32 Å². The molecule has 0 saturated heterocycles. The molecule has 2 N–H and O–H groups in total. The minimum Gasteiger partial charge on any atom is -0.395 e. The van der Waals surface area contributed by atoms with Crippen LogP contribution in [-0.4, -0.2) is 24.3 Å². The van der Waals surface area contributed by atoms with Crippen molar-refractivity contribution in [3.8, 4) is 0 Å². The third kappa shape index (κ3) is 6.05. The molecule has 0 aliphatic rings. The summed E-state index contributed by atoms with van der Waals surface area (Å²) in [6, 6.07) is 0.249. The van der Waals surface area contributed by atoms with E-state index in [2.05, 4.69) is 19.2 Å². The second-order valence-electron chi connectivity index (χ2n) is 3.22. The molecule has 0 spiro atoms. The van der Waals surface area contributed by atoms with Gasteiger partial charge in [-0.05, 0) is 25.8 Å². The monoisotopic (exact) mass is 145 g/mol. The van der Waals surface area contributed by atoms with Crippen LogP contribution in [0.15, 0.2) is 0 Å². The Kier molecular flexibility index (Phi) is 5.64. The van der Waals surface area contributed by atoms with Crippen molar-refractivity contribution in [2.75, 3.05) is 13.2 Å². The Morgan fingerprint density at radius 1 is 1.30 bits per heavy atom. The molecule has 0 bridgehead atoms. The molecule has 0 aliphatic carbocycles. The summed E-state index contributed by atoms with van der Waals surface area (Å²) in [6.45, 7) is 7.63. The van der Waals surface area contributed by atoms with Gasteiger partial charge in [0.05, 0.1) is 6.61 Å². The molecule has 10 heavy (non-hydrogen) atoms. The zero-order valence-electron chi connectivity index (χ0n) is 7.22. The van der Waals surface area contributed by atoms with E-state index in [1.165, 1.54) is 6.42 Å². The van der Waals surface area contributed by atoms with Crippen molar-refractivity contribution in [2.24, 2.45) is 5.92 Å². The van der Waals surface area contributed by atoms with E-state index in [0.717, 1.165) is 12.5 Å². The fraction of sp³-hybridized carbons (Fsp3) is 1.00. The molecule has 62 valence electrons. The first-order valence-electron chi connectivity index (χ1n) is 4.01. The van der Waals surface area contributed by atoms with Crippen LogP contribution in [0.25, 0.3) is 0 Å². The summed E-state index contributed by atoms with van der Waals surface area (Å²) in [5.74, 6) is 0.749. The molecule has 0 heterocycles. The standard InChI is InChI=1S/C8H19NO/c1-7(2)4-5-9-8(3)6-10/h7-10H,4-6H2,1-3H3. The molecule has 2 nitrogen and oxygen atoms in total. The summed E-state index contributed by atoms with van der Waals surface area (Å²) >= 11 is 0. The van der Waals surface area contributed by atoms with E-state index in [1.54, 1.807) is 0 Å². The first-order chi connectivity index (χ1) is 4.66. The highest BCUT2D eigenvalue weighted by atomic mass is 16.3. The zero-order chi connectivity index (χ0) is 7.98. The number of hydrogen-bond acceptors (Lipinski definition) is 2. The van der Waals surface area contributed by atoms with E-state index in [-0.39, 0.29) is 12.6 Å². The lowest BCUT2D eigenvalue weighted by Crippen LogP contribution is -2.30. The van der Waals surface area contributed by atoms with Gasteiger partial charge in [-0.1, -0.05) is 13.8 Å². The Balaban J connectivity index is 3.03. The van der Waals surface area contributed by atoms with Gasteiger partial charge in [0.1, 0.15) is 0 Å². The zero-order valence-corrected chi connectivity index (χ0v) is 7.22. The topological polar surface area (TPSA) is 32.3 Å². The lowest BCUT2D eigenvalue weighted by atomic mass is 10.1. The fourth-order valence-corrected chi connectivity index (χ4v) is 0.683. The van der Waals surface area contributed by atoms with Crippen molar-refractivity contribution in [2.45, 2.75) is 33.2 Å². The third-order valence-electron chi connectivity index (χ3n) is 1.49. The van der Waals surface area contributed by atoms with Gasteiger partial charge in [0, 0.05) is 6.04 Å². The first kappa shape index (κ1) is 9.92. The summed E-state index contributed by atoms with van der Waals surface area (Å²) in [7, 11) is 0. The Labute approximate surface area is 63.6 Å². The molecule has 1 unspecified atom stereocenters. The van der Waals surface area contributed by atoms with E-state index in [1.807, 2.05) is 6.92 Å². The van der Waals surface area contributed by atoms with Crippen LogP contribution in [0.3, 0.4) is 0 Å². The number of aliphatic hydroxyl groups is 1. The van der Waals surface area contributed by atoms with Crippen LogP contribution in [0.4, 0.5) is 0 Å². The van der Waals surface area contributed by atoms with Crippen LogP contribution in [-0.2, 0) is 0 Å². The van der Waals surface area contributed by atoms with E-state index >= 15 is 0 Å². The van der Waals surface area contributed by atoms with Gasteiger partial charge in [-0.3, -0.25) is 0 Å². The van der Waals surface area contributed by atoms with E-state index in [0.29, 0.717) is 0 Å². The molecule has 0 rings (SSSR count). The predicted octanol–water partition coefficient (Wildman–Crippen LogP) is 1.00. The Morgan fingerprint density at radius 2 is 1.90 bits per heavy atom. The Morgan fingerprint density at radius 3 is 2.30 bits per heavy atom. The molecule has 0 saturated carbocycles. The molecule has 0 amide bonds. The van der Waals surface area contributed by atoms with Crippen molar-refractivity contribution < 1.29 is 5.11 Å². The van der Waals surface area contributed by atoms with Crippen molar-refractivity contribution in [1.29, 1.82) is 0 Å². The van der Waals surface area contributed by atoms with Crippen molar-refractivity contribution in [3.05, 3.63) is 0 Å². The van der Waals surface area contributed by atoms with Crippen LogP contribution in [0.5, 0.6) is 0 Å². The number of nitrogens with one attached hydrogen (secondary N) is 1. The Hall–Kier alpha value is -0.0800. The maximum Gasteiger partial charge on any atom is 0.0581 e. The molecule has 0 aliphatic heterocycles. The second-order valence-corrected chi connectivity index (χ2v) is 3.22. The molecular formula is C8H19NO. The quantitative estimate of drug-likeness (QED) is 0.605. The molecular weight excluding hydrogens is 126 g/mol. The van der Waals surface area contributed by atoms with Gasteiger partial charge in [-0.25, -0.2) is 0 Å². The third-order valence-corrected chi connectivity index (χ3v) is 1.49. The van der Waals surface area contributed by atoms with Crippen LogP contribution >= 0.6 is 0 Å². The smallest absolute Gasteiger partial charge is 0.0581 e. The normalized spacial score (nSPS) is 14.1. The largest absolute Gasteiger partial charge is 0.395 e. The van der Waals surface area contributed by atoms with E-state index in [4.69, 9.17) is 5.11 Å². The molecule has 0 radical (unpaired) electrons. The van der Waals surface area contributed by atoms with Crippen molar-refractivity contribution in [1.82, 2.24) is 5.32 Å². The van der Waals surface area contributed by atoms with E-state index in [9.17, 15) is 0 Å². The molecule has 0 aromatic heterocycles. The van der Waals surface area contributed by atoms with Gasteiger partial charge in [0.25, 0.3) is 0 Å². The number of rotatable bonds is 5. The summed E-state index contributed by atoms with van der Waals surface area (Å²) in [5, 5.41) is 11.9. The first-order valence-corrected chi connectivity index (χ1v) is 4.01. The van der Waals surface area contributed by atoms with Gasteiger partial charge < -0.3 is 10.4 Å². The van der Waals surface area contributed by atoms with Crippen molar-refractivity contribution in [3.63, 3.8) is 0 Å². The Bertz CT molecular complexity index is 73.7. The maximum absolute atomic E-state index is 8.64. The molecule has 0 aromatic carbocycles. The van der Waals surface area contributed by atoms with Gasteiger partial charge in [-0.2, -0.15) is 0 Å². The summed E-state index contributed by atoms with van der Waals surface area (Å²) in [4.78, 5) is 0. The predicted molar refractivity (Wildman–Crippen MR) is 44.0 cm³/mol. The minimum absolute atomic E-state index is 0.234. The highest BCUT2D eigenvalue weighted by Gasteiger charge is 1.98. The second kappa shape index (κ2) is 5.69. The highest BCUT2D eigenvalue weighted by Crippen LogP contribution is 1.96. The average Bonchev–Trinajstić information content (AvgIpc) is 1.87. The minimum atomic E-state index is 0.234. The van der Waals surface area contributed by atoms with Crippen LogP contribution in [0.2, 0.25) is 0 Å². The number of aliphatic hydroxyl groups excluding tert-OH is 1. The summed E-state index contributed by atoms with van der Waals surface area (Å²) in [5.41, 5.74) is 0. The molecule has 2 heteroatoms. The molecule has 0 aromatic rings. The summed E-state index contributed by atoms with van der Waals surface area (Å²) < 4.78 is 0. The average molecular weight is 145 g/mol. The summed E-state index contributed by atoms with van der Waals surface area (Å²) in [6.07, 6.45) is 1.18. The lowest BCUT2D eigenvalue weighted by molar-refractivity contribution is 0.250. The van der Waals surface area contributed by atoms with Gasteiger partial charge in [0.2, 0.25) is 0 Å². The fourth-order valence-electron chi connectivity index (χ4n) is 0.683. The van der Waals surface area contributed by atoms with Crippen LogP contribution in [0, 0.1) is 5.92 Å². The lowest BCUT2D eigenvalue weighted by Gasteiger charge is -2.11. The highest BCUT2D eigenvalue weighted by molar-refractivity contribution is 4.58. The SMILES string of the molecule is CC(C)CCNC(C)CO. The van der Waals surface area contributed by atoms with E-state index < -0.39 is 0 Å². The van der Waals surface area contributed by atoms with Gasteiger partial charge in [-0.15, -0.1) is 0 Å². The van der Waals surface area contributed by atoms with Gasteiger partial charge >= 0.3 is 0 Å². The molecule has 1 atom stereocenters.